The predicted octanol–water partition coefficient (Wildman–Crippen LogP) is 8.32. The van der Waals surface area contributed by atoms with Gasteiger partial charge < -0.3 is 5.73 Å². The van der Waals surface area contributed by atoms with Crippen molar-refractivity contribution in [2.24, 2.45) is 11.7 Å². The number of hydrogen-bond donors (Lipinski definition) is 1. The van der Waals surface area contributed by atoms with Gasteiger partial charge in [-0.2, -0.15) is 18.3 Å². The lowest BCUT2D eigenvalue weighted by atomic mass is 9.70. The molecule has 0 spiro atoms. The first-order chi connectivity index (χ1) is 24.7. The lowest BCUT2D eigenvalue weighted by Crippen LogP contribution is -2.43. The van der Waals surface area contributed by atoms with Crippen molar-refractivity contribution in [1.82, 2.24) is 24.1 Å². The Bertz CT molecular complexity index is 2210. The maximum Gasteiger partial charge on any atom is 0.435 e. The molecule has 4 aromatic heterocycles. The van der Waals surface area contributed by atoms with Crippen LogP contribution >= 0.6 is 11.3 Å². The molecule has 6 aromatic rings. The van der Waals surface area contributed by atoms with E-state index >= 15 is 13.2 Å². The molecule has 1 fully saturated rings. The van der Waals surface area contributed by atoms with Crippen LogP contribution < -0.4 is 5.73 Å². The number of likely N-dealkylation sites (tertiary alicyclic amines) is 1. The number of carbonyl (C=O) groups is 1. The third kappa shape index (κ3) is 5.90. The van der Waals surface area contributed by atoms with Gasteiger partial charge in [0.2, 0.25) is 5.91 Å². The highest BCUT2D eigenvalue weighted by Crippen LogP contribution is 2.47. The second kappa shape index (κ2) is 13.1. The maximum atomic E-state index is 15.1. The van der Waals surface area contributed by atoms with Gasteiger partial charge in [0.15, 0.2) is 5.69 Å². The molecule has 2 atom stereocenters. The number of thiophene rings is 1. The molecule has 0 radical (unpaired) electrons. The number of halogens is 3. The number of fused-ring (bicyclic) bond motifs is 1. The summed E-state index contributed by atoms with van der Waals surface area (Å²) in [5.41, 5.74) is 6.99. The summed E-state index contributed by atoms with van der Waals surface area (Å²) < 4.78 is 48.6. The molecule has 1 aliphatic carbocycles. The Labute approximate surface area is 297 Å². The Morgan fingerprint density at radius 3 is 2.33 bits per heavy atom. The molecule has 258 valence electrons. The largest absolute Gasteiger partial charge is 0.435 e. The number of nitrogens with zero attached hydrogens (tertiary/aromatic N) is 5. The zero-order valence-electron chi connectivity index (χ0n) is 27.6. The van der Waals surface area contributed by atoms with E-state index in [1.54, 1.807) is 42.1 Å². The standard InChI is InChI=1S/C40H35F3N6OS/c41-40(42,43)37-32(26-49(46-37)39(28-11-4-1-5-12-28,29-13-6-2-7-14-29)30-15-8-3-9-16-30)27-18-21-36-45-23-34(48(36)24-27)35-20-19-31(51-35)25-47-22-10-17-33(47)38(44)50/h1-9,11-15,18-21,23-24,26,30,33H,10,16-17,22,25H2,(H2,44,50)/t30?,33-/m0/s1. The van der Waals surface area contributed by atoms with Gasteiger partial charge in [0.25, 0.3) is 0 Å². The lowest BCUT2D eigenvalue weighted by molar-refractivity contribution is -0.141. The topological polar surface area (TPSA) is 81.5 Å². The van der Waals surface area contributed by atoms with Crippen molar-refractivity contribution in [1.29, 1.82) is 0 Å². The van der Waals surface area contributed by atoms with Crippen molar-refractivity contribution >= 4 is 22.9 Å². The minimum absolute atomic E-state index is 0.0194. The van der Waals surface area contributed by atoms with E-state index in [1.165, 1.54) is 4.68 Å². The van der Waals surface area contributed by atoms with Gasteiger partial charge in [-0.1, -0.05) is 85.0 Å². The Hall–Kier alpha value is -5.26. The quantitative estimate of drug-likeness (QED) is 0.164. The molecule has 2 aliphatic rings. The van der Waals surface area contributed by atoms with E-state index in [2.05, 4.69) is 21.1 Å². The molecule has 5 heterocycles. The molecule has 7 nitrogen and oxygen atoms in total. The highest BCUT2D eigenvalue weighted by atomic mass is 32.1. The summed E-state index contributed by atoms with van der Waals surface area (Å²) in [7, 11) is 0. The van der Waals surface area contributed by atoms with Gasteiger partial charge in [-0.3, -0.25) is 18.8 Å². The molecule has 51 heavy (non-hydrogen) atoms. The van der Waals surface area contributed by atoms with Crippen LogP contribution in [0.15, 0.2) is 128 Å². The average Bonchev–Trinajstić information content (AvgIpc) is 3.97. The number of aromatic nitrogens is 4. The summed E-state index contributed by atoms with van der Waals surface area (Å²) in [6.45, 7) is 1.41. The number of carbonyl (C=O) groups excluding carboxylic acids is 1. The first-order valence-electron chi connectivity index (χ1n) is 16.9. The summed E-state index contributed by atoms with van der Waals surface area (Å²) in [5.74, 6) is -0.535. The molecule has 2 aromatic carbocycles. The van der Waals surface area contributed by atoms with E-state index in [-0.39, 0.29) is 23.4 Å². The molecule has 11 heteroatoms. The summed E-state index contributed by atoms with van der Waals surface area (Å²) in [5, 5.41) is 4.45. The number of hydrogen-bond acceptors (Lipinski definition) is 5. The Kier molecular flexibility index (Phi) is 8.47. The van der Waals surface area contributed by atoms with Gasteiger partial charge in [-0.25, -0.2) is 4.98 Å². The Morgan fingerprint density at radius 1 is 0.922 bits per heavy atom. The van der Waals surface area contributed by atoms with Crippen LogP contribution in [0.4, 0.5) is 13.2 Å². The highest BCUT2D eigenvalue weighted by molar-refractivity contribution is 7.15. The van der Waals surface area contributed by atoms with Gasteiger partial charge >= 0.3 is 6.18 Å². The fourth-order valence-corrected chi connectivity index (χ4v) is 8.78. The van der Waals surface area contributed by atoms with Gasteiger partial charge in [-0.15, -0.1) is 11.3 Å². The first-order valence-corrected chi connectivity index (χ1v) is 17.8. The van der Waals surface area contributed by atoms with Gasteiger partial charge in [0.05, 0.1) is 22.8 Å². The summed E-state index contributed by atoms with van der Waals surface area (Å²) >= 11 is 1.57. The Balaban J connectivity index is 1.25. The number of primary amides is 1. The van der Waals surface area contributed by atoms with Crippen LogP contribution in [0.25, 0.3) is 27.3 Å². The molecule has 8 rings (SSSR count). The van der Waals surface area contributed by atoms with E-state index in [9.17, 15) is 4.79 Å². The first kappa shape index (κ1) is 32.9. The van der Waals surface area contributed by atoms with Crippen molar-refractivity contribution in [2.75, 3.05) is 6.54 Å². The minimum atomic E-state index is -4.73. The second-order valence-corrected chi connectivity index (χ2v) is 14.2. The number of benzene rings is 2. The third-order valence-corrected chi connectivity index (χ3v) is 11.2. The summed E-state index contributed by atoms with van der Waals surface area (Å²) in [4.78, 5) is 20.6. The number of amides is 1. The summed E-state index contributed by atoms with van der Waals surface area (Å²) in [6, 6.07) is 26.5. The van der Waals surface area contributed by atoms with Crippen LogP contribution in [0, 0.1) is 5.92 Å². The number of allylic oxidation sites excluding steroid dienone is 4. The predicted molar refractivity (Wildman–Crippen MR) is 193 cm³/mol. The van der Waals surface area contributed by atoms with Crippen molar-refractivity contribution in [2.45, 2.75) is 43.6 Å². The van der Waals surface area contributed by atoms with Crippen molar-refractivity contribution in [3.63, 3.8) is 0 Å². The normalized spacial score (nSPS) is 18.2. The zero-order chi connectivity index (χ0) is 35.2. The van der Waals surface area contributed by atoms with E-state index < -0.39 is 17.4 Å². The van der Waals surface area contributed by atoms with Crippen LogP contribution in [0.2, 0.25) is 0 Å². The molecule has 1 amide bonds. The fourth-order valence-electron chi connectivity index (χ4n) is 7.74. The van der Waals surface area contributed by atoms with Crippen LogP contribution in [0.1, 0.15) is 41.0 Å². The van der Waals surface area contributed by atoms with Crippen LogP contribution in [0.5, 0.6) is 0 Å². The average molecular weight is 705 g/mol. The number of nitrogens with two attached hydrogens (primary N) is 1. The highest BCUT2D eigenvalue weighted by Gasteiger charge is 2.46. The van der Waals surface area contributed by atoms with Crippen LogP contribution in [0.3, 0.4) is 0 Å². The van der Waals surface area contributed by atoms with E-state index in [1.807, 2.05) is 95.4 Å². The van der Waals surface area contributed by atoms with E-state index in [0.29, 0.717) is 24.2 Å². The number of alkyl halides is 3. The minimum Gasteiger partial charge on any atom is -0.368 e. The molecule has 1 unspecified atom stereocenters. The molecular formula is C40H35F3N6OS. The number of pyridine rings is 1. The van der Waals surface area contributed by atoms with Gasteiger partial charge in [0, 0.05) is 40.9 Å². The van der Waals surface area contributed by atoms with Gasteiger partial charge in [-0.05, 0) is 61.2 Å². The molecule has 1 saturated heterocycles. The van der Waals surface area contributed by atoms with Crippen molar-refractivity contribution < 1.29 is 18.0 Å². The number of rotatable bonds is 9. The number of imidazole rings is 1. The molecule has 0 saturated carbocycles. The smallest absolute Gasteiger partial charge is 0.368 e. The zero-order valence-corrected chi connectivity index (χ0v) is 28.4. The SMILES string of the molecule is NC(=O)[C@@H]1CCCN1Cc1ccc(-c2cnc3ccc(-c4cn(C(c5ccccc5)(c5ccccc5)C5C=CC=CC5)nc4C(F)(F)F)cn23)s1. The molecule has 1 aliphatic heterocycles. The third-order valence-electron chi connectivity index (χ3n) is 10.1. The molecule has 0 bridgehead atoms. The van der Waals surface area contributed by atoms with Gasteiger partial charge in [0.1, 0.15) is 11.2 Å². The Morgan fingerprint density at radius 2 is 1.67 bits per heavy atom. The molecular weight excluding hydrogens is 670 g/mol. The van der Waals surface area contributed by atoms with Crippen molar-refractivity contribution in [3.8, 4) is 21.7 Å². The fraction of sp³-hybridized carbons (Fsp3) is 0.225. The maximum absolute atomic E-state index is 15.1. The molecule has 2 N–H and O–H groups in total. The van der Waals surface area contributed by atoms with Crippen LogP contribution in [-0.4, -0.2) is 42.6 Å². The summed E-state index contributed by atoms with van der Waals surface area (Å²) in [6.07, 6.45) is 10.6. The van der Waals surface area contributed by atoms with Crippen molar-refractivity contribution in [3.05, 3.63) is 150 Å². The van der Waals surface area contributed by atoms with E-state index in [0.717, 1.165) is 46.0 Å². The monoisotopic (exact) mass is 704 g/mol. The lowest BCUT2D eigenvalue weighted by Gasteiger charge is -2.41. The van der Waals surface area contributed by atoms with E-state index in [4.69, 9.17) is 5.73 Å². The second-order valence-electron chi connectivity index (χ2n) is 13.1. The van der Waals surface area contributed by atoms with Crippen LogP contribution in [-0.2, 0) is 23.1 Å².